The van der Waals surface area contributed by atoms with Crippen molar-refractivity contribution in [2.75, 3.05) is 31.1 Å². The Hall–Kier alpha value is -2.86. The van der Waals surface area contributed by atoms with Gasteiger partial charge >= 0.3 is 0 Å². The fraction of sp³-hybridized carbons (Fsp3) is 0.300. The SMILES string of the molecule is Cc1ccc2[nH]cc(CN3CCN(c4ccccc4[N+](=O)[O-])CC3)c2c1. The number of anilines is 1. The van der Waals surface area contributed by atoms with Crippen molar-refractivity contribution in [2.45, 2.75) is 13.5 Å². The summed E-state index contributed by atoms with van der Waals surface area (Å²) in [5.41, 5.74) is 4.65. The maximum Gasteiger partial charge on any atom is 0.292 e. The van der Waals surface area contributed by atoms with Crippen LogP contribution in [0.4, 0.5) is 11.4 Å². The molecule has 0 amide bonds. The van der Waals surface area contributed by atoms with Gasteiger partial charge in [0, 0.05) is 55.9 Å². The third kappa shape index (κ3) is 3.15. The van der Waals surface area contributed by atoms with Gasteiger partial charge in [0.1, 0.15) is 5.69 Å². The van der Waals surface area contributed by atoms with Crippen molar-refractivity contribution in [1.82, 2.24) is 9.88 Å². The van der Waals surface area contributed by atoms with Gasteiger partial charge in [-0.05, 0) is 30.7 Å². The Morgan fingerprint density at radius 2 is 1.88 bits per heavy atom. The molecule has 1 aliphatic heterocycles. The molecule has 1 aromatic heterocycles. The van der Waals surface area contributed by atoms with E-state index in [-0.39, 0.29) is 10.6 Å². The van der Waals surface area contributed by atoms with E-state index in [0.29, 0.717) is 0 Å². The minimum absolute atomic E-state index is 0.188. The number of nitrogens with zero attached hydrogens (tertiary/aromatic N) is 3. The molecule has 1 aliphatic rings. The van der Waals surface area contributed by atoms with Crippen LogP contribution in [0.25, 0.3) is 10.9 Å². The molecule has 3 aromatic rings. The predicted molar refractivity (Wildman–Crippen MR) is 104 cm³/mol. The van der Waals surface area contributed by atoms with Crippen molar-refractivity contribution in [2.24, 2.45) is 0 Å². The summed E-state index contributed by atoms with van der Waals surface area (Å²) in [5.74, 6) is 0. The van der Waals surface area contributed by atoms with Crippen molar-refractivity contribution < 1.29 is 4.92 Å². The fourth-order valence-corrected chi connectivity index (χ4v) is 3.70. The molecular weight excluding hydrogens is 328 g/mol. The Kier molecular flexibility index (Phi) is 4.34. The Morgan fingerprint density at radius 3 is 2.65 bits per heavy atom. The van der Waals surface area contributed by atoms with Crippen LogP contribution in [0, 0.1) is 17.0 Å². The predicted octanol–water partition coefficient (Wildman–Crippen LogP) is 3.71. The summed E-state index contributed by atoms with van der Waals surface area (Å²) in [6.45, 7) is 6.39. The van der Waals surface area contributed by atoms with Crippen LogP contribution in [-0.4, -0.2) is 41.0 Å². The second kappa shape index (κ2) is 6.80. The number of aryl methyl sites for hydroxylation is 1. The van der Waals surface area contributed by atoms with E-state index in [4.69, 9.17) is 0 Å². The minimum Gasteiger partial charge on any atom is -0.363 e. The molecule has 6 heteroatoms. The number of nitrogens with one attached hydrogen (secondary N) is 1. The second-order valence-corrected chi connectivity index (χ2v) is 6.87. The topological polar surface area (TPSA) is 65.4 Å². The third-order valence-electron chi connectivity index (χ3n) is 5.11. The van der Waals surface area contributed by atoms with E-state index in [0.717, 1.165) is 38.4 Å². The number of nitro benzene ring substituents is 1. The molecule has 4 rings (SSSR count). The summed E-state index contributed by atoms with van der Waals surface area (Å²) in [5, 5.41) is 12.5. The normalized spacial score (nSPS) is 15.5. The van der Waals surface area contributed by atoms with Crippen LogP contribution in [0.1, 0.15) is 11.1 Å². The monoisotopic (exact) mass is 350 g/mol. The summed E-state index contributed by atoms with van der Waals surface area (Å²) in [6.07, 6.45) is 2.10. The van der Waals surface area contributed by atoms with Crippen molar-refractivity contribution >= 4 is 22.3 Å². The lowest BCUT2D eigenvalue weighted by molar-refractivity contribution is -0.384. The number of hydrogen-bond acceptors (Lipinski definition) is 4. The van der Waals surface area contributed by atoms with Gasteiger partial charge in [0.25, 0.3) is 5.69 Å². The molecule has 1 N–H and O–H groups in total. The number of hydrogen-bond donors (Lipinski definition) is 1. The third-order valence-corrected chi connectivity index (χ3v) is 5.11. The Bertz CT molecular complexity index is 942. The number of piperazine rings is 1. The van der Waals surface area contributed by atoms with Crippen LogP contribution >= 0.6 is 0 Å². The lowest BCUT2D eigenvalue weighted by atomic mass is 10.1. The van der Waals surface area contributed by atoms with E-state index in [1.807, 2.05) is 12.1 Å². The largest absolute Gasteiger partial charge is 0.363 e. The fourth-order valence-electron chi connectivity index (χ4n) is 3.70. The number of aromatic nitrogens is 1. The molecule has 0 saturated carbocycles. The number of rotatable bonds is 4. The van der Waals surface area contributed by atoms with Crippen LogP contribution in [-0.2, 0) is 6.54 Å². The first-order valence-electron chi connectivity index (χ1n) is 8.89. The molecule has 2 aromatic carbocycles. The lowest BCUT2D eigenvalue weighted by Gasteiger charge is -2.35. The van der Waals surface area contributed by atoms with Crippen molar-refractivity contribution in [3.05, 3.63) is 69.9 Å². The van der Waals surface area contributed by atoms with Crippen molar-refractivity contribution in [1.29, 1.82) is 0 Å². The van der Waals surface area contributed by atoms with Gasteiger partial charge in [-0.1, -0.05) is 23.8 Å². The molecule has 0 radical (unpaired) electrons. The highest BCUT2D eigenvalue weighted by Gasteiger charge is 2.23. The first-order chi connectivity index (χ1) is 12.6. The molecule has 0 atom stereocenters. The average molecular weight is 350 g/mol. The quantitative estimate of drug-likeness (QED) is 0.575. The number of nitro groups is 1. The molecule has 134 valence electrons. The molecule has 26 heavy (non-hydrogen) atoms. The van der Waals surface area contributed by atoms with Crippen LogP contribution in [0.3, 0.4) is 0 Å². The standard InChI is InChI=1S/C20H22N4O2/c1-15-6-7-18-17(12-15)16(13-21-18)14-22-8-10-23(11-9-22)19-4-2-3-5-20(19)24(25)26/h2-7,12-13,21H,8-11,14H2,1H3. The van der Waals surface area contributed by atoms with Gasteiger partial charge in [0.05, 0.1) is 4.92 Å². The van der Waals surface area contributed by atoms with Gasteiger partial charge in [-0.15, -0.1) is 0 Å². The smallest absolute Gasteiger partial charge is 0.292 e. The van der Waals surface area contributed by atoms with Gasteiger partial charge in [-0.2, -0.15) is 0 Å². The van der Waals surface area contributed by atoms with E-state index >= 15 is 0 Å². The van der Waals surface area contributed by atoms with Gasteiger partial charge < -0.3 is 9.88 Å². The van der Waals surface area contributed by atoms with E-state index in [9.17, 15) is 10.1 Å². The van der Waals surface area contributed by atoms with Crippen molar-refractivity contribution in [3.63, 3.8) is 0 Å². The van der Waals surface area contributed by atoms with E-state index in [2.05, 4.69) is 46.1 Å². The van der Waals surface area contributed by atoms with Gasteiger partial charge in [-0.3, -0.25) is 15.0 Å². The first kappa shape index (κ1) is 16.6. The Labute approximate surface area is 152 Å². The maximum absolute atomic E-state index is 11.3. The molecule has 0 spiro atoms. The zero-order valence-corrected chi connectivity index (χ0v) is 14.8. The summed E-state index contributed by atoms with van der Waals surface area (Å²) in [7, 11) is 0. The molecule has 0 bridgehead atoms. The lowest BCUT2D eigenvalue weighted by Crippen LogP contribution is -2.46. The highest BCUT2D eigenvalue weighted by atomic mass is 16.6. The number of aromatic amines is 1. The molecule has 1 saturated heterocycles. The van der Waals surface area contributed by atoms with Crippen LogP contribution in [0.2, 0.25) is 0 Å². The second-order valence-electron chi connectivity index (χ2n) is 6.87. The van der Waals surface area contributed by atoms with Crippen LogP contribution in [0.15, 0.2) is 48.7 Å². The zero-order chi connectivity index (χ0) is 18.1. The number of para-hydroxylation sites is 2. The van der Waals surface area contributed by atoms with Crippen LogP contribution < -0.4 is 4.90 Å². The molecule has 2 heterocycles. The van der Waals surface area contributed by atoms with Gasteiger partial charge in [0.2, 0.25) is 0 Å². The molecule has 1 fully saturated rings. The summed E-state index contributed by atoms with van der Waals surface area (Å²) >= 11 is 0. The van der Waals surface area contributed by atoms with Gasteiger partial charge in [0.15, 0.2) is 0 Å². The highest BCUT2D eigenvalue weighted by molar-refractivity contribution is 5.83. The van der Waals surface area contributed by atoms with E-state index < -0.39 is 0 Å². The number of fused-ring (bicyclic) bond motifs is 1. The summed E-state index contributed by atoms with van der Waals surface area (Å²) < 4.78 is 0. The van der Waals surface area contributed by atoms with Crippen molar-refractivity contribution in [3.8, 4) is 0 Å². The average Bonchev–Trinajstić information content (AvgIpc) is 3.04. The molecule has 6 nitrogen and oxygen atoms in total. The summed E-state index contributed by atoms with van der Waals surface area (Å²) in [4.78, 5) is 18.8. The van der Waals surface area contributed by atoms with Crippen LogP contribution in [0.5, 0.6) is 0 Å². The maximum atomic E-state index is 11.3. The minimum atomic E-state index is -0.296. The Balaban J connectivity index is 1.45. The Morgan fingerprint density at radius 1 is 1.12 bits per heavy atom. The number of H-pyrrole nitrogens is 1. The van der Waals surface area contributed by atoms with Gasteiger partial charge in [-0.25, -0.2) is 0 Å². The van der Waals surface area contributed by atoms with E-state index in [1.54, 1.807) is 12.1 Å². The molecule has 0 unspecified atom stereocenters. The molecular formula is C20H22N4O2. The first-order valence-corrected chi connectivity index (χ1v) is 8.89. The number of benzene rings is 2. The van der Waals surface area contributed by atoms with E-state index in [1.165, 1.54) is 22.0 Å². The zero-order valence-electron chi connectivity index (χ0n) is 14.8. The highest BCUT2D eigenvalue weighted by Crippen LogP contribution is 2.29. The molecule has 0 aliphatic carbocycles. The summed E-state index contributed by atoms with van der Waals surface area (Å²) in [6, 6.07) is 13.5.